The molecular weight excluding hydrogens is 214 g/mol. The lowest BCUT2D eigenvalue weighted by atomic mass is 10.2. The lowest BCUT2D eigenvalue weighted by Crippen LogP contribution is -2.32. The van der Waals surface area contributed by atoms with Gasteiger partial charge in [0.25, 0.3) is 0 Å². The molecule has 0 aliphatic carbocycles. The number of unbranched alkanes of at least 4 members (excludes halogenated alkanes) is 1. The molecule has 17 heavy (non-hydrogen) atoms. The molecule has 0 unspecified atom stereocenters. The molecule has 0 saturated heterocycles. The van der Waals surface area contributed by atoms with Gasteiger partial charge in [0.1, 0.15) is 6.61 Å². The maximum Gasteiger partial charge on any atom is 0.410 e. The third-order valence-electron chi connectivity index (χ3n) is 2.63. The van der Waals surface area contributed by atoms with Crippen molar-refractivity contribution in [2.45, 2.75) is 33.3 Å². The predicted octanol–water partition coefficient (Wildman–Crippen LogP) is 3.45. The Morgan fingerprint density at radius 2 is 1.94 bits per heavy atom. The minimum atomic E-state index is -0.218. The molecule has 0 spiro atoms. The van der Waals surface area contributed by atoms with E-state index in [9.17, 15) is 4.79 Å². The van der Waals surface area contributed by atoms with Crippen LogP contribution in [0, 0.1) is 0 Å². The number of carbonyl (C=O) groups is 1. The Balaban J connectivity index is 2.37. The van der Waals surface area contributed by atoms with Crippen LogP contribution in [-0.4, -0.2) is 24.1 Å². The molecule has 0 aliphatic rings. The fourth-order valence-electron chi connectivity index (χ4n) is 1.54. The molecule has 1 aromatic carbocycles. The molecule has 3 nitrogen and oxygen atoms in total. The average Bonchev–Trinajstić information content (AvgIpc) is 2.38. The van der Waals surface area contributed by atoms with Crippen LogP contribution in [0.3, 0.4) is 0 Å². The van der Waals surface area contributed by atoms with E-state index < -0.39 is 0 Å². The number of carbonyl (C=O) groups excluding carboxylic acids is 1. The van der Waals surface area contributed by atoms with Gasteiger partial charge in [-0.1, -0.05) is 43.7 Å². The summed E-state index contributed by atoms with van der Waals surface area (Å²) in [5.74, 6) is 0. The highest BCUT2D eigenvalue weighted by Gasteiger charge is 2.11. The van der Waals surface area contributed by atoms with E-state index in [0.29, 0.717) is 13.2 Å². The van der Waals surface area contributed by atoms with Gasteiger partial charge in [0.05, 0.1) is 0 Å². The first-order valence-electron chi connectivity index (χ1n) is 6.23. The Morgan fingerprint density at radius 1 is 1.24 bits per heavy atom. The minimum absolute atomic E-state index is 0.218. The normalized spacial score (nSPS) is 10.0. The van der Waals surface area contributed by atoms with Crippen LogP contribution in [0.1, 0.15) is 32.3 Å². The monoisotopic (exact) mass is 235 g/mol. The summed E-state index contributed by atoms with van der Waals surface area (Å²) in [5.41, 5.74) is 1.02. The molecule has 0 aliphatic heterocycles. The van der Waals surface area contributed by atoms with Crippen molar-refractivity contribution in [3.8, 4) is 0 Å². The molecule has 0 radical (unpaired) electrons. The summed E-state index contributed by atoms with van der Waals surface area (Å²) in [5, 5.41) is 0. The first-order chi connectivity index (χ1) is 8.27. The maximum atomic E-state index is 11.8. The highest BCUT2D eigenvalue weighted by molar-refractivity contribution is 5.67. The summed E-state index contributed by atoms with van der Waals surface area (Å²) in [6.45, 7) is 5.92. The molecule has 0 atom stereocenters. The molecular formula is C14H21NO2. The van der Waals surface area contributed by atoms with Gasteiger partial charge in [-0.05, 0) is 18.9 Å². The van der Waals surface area contributed by atoms with E-state index in [-0.39, 0.29) is 6.09 Å². The molecule has 3 heteroatoms. The number of benzene rings is 1. The van der Waals surface area contributed by atoms with Gasteiger partial charge in [0, 0.05) is 13.1 Å². The number of amides is 1. The molecule has 94 valence electrons. The van der Waals surface area contributed by atoms with Gasteiger partial charge in [-0.25, -0.2) is 4.79 Å². The molecule has 1 aromatic rings. The van der Waals surface area contributed by atoms with Crippen molar-refractivity contribution in [3.63, 3.8) is 0 Å². The van der Waals surface area contributed by atoms with Crippen LogP contribution < -0.4 is 0 Å². The van der Waals surface area contributed by atoms with E-state index in [1.807, 2.05) is 37.3 Å². The second-order valence-electron chi connectivity index (χ2n) is 3.97. The van der Waals surface area contributed by atoms with Gasteiger partial charge in [-0.2, -0.15) is 0 Å². The average molecular weight is 235 g/mol. The smallest absolute Gasteiger partial charge is 0.410 e. The van der Waals surface area contributed by atoms with Gasteiger partial charge in [0.2, 0.25) is 0 Å². The van der Waals surface area contributed by atoms with Crippen molar-refractivity contribution in [1.82, 2.24) is 4.90 Å². The molecule has 0 N–H and O–H groups in total. The molecule has 0 bridgehead atoms. The van der Waals surface area contributed by atoms with E-state index in [4.69, 9.17) is 4.74 Å². The largest absolute Gasteiger partial charge is 0.445 e. The Bertz CT molecular complexity index is 324. The van der Waals surface area contributed by atoms with Gasteiger partial charge in [-0.15, -0.1) is 0 Å². The van der Waals surface area contributed by atoms with Crippen LogP contribution in [0.15, 0.2) is 30.3 Å². The van der Waals surface area contributed by atoms with E-state index in [1.54, 1.807) is 4.90 Å². The highest BCUT2D eigenvalue weighted by Crippen LogP contribution is 2.04. The summed E-state index contributed by atoms with van der Waals surface area (Å²) < 4.78 is 5.27. The summed E-state index contributed by atoms with van der Waals surface area (Å²) in [4.78, 5) is 13.5. The Kier molecular flexibility index (Phi) is 6.15. The molecule has 0 fully saturated rings. The molecule has 1 amide bonds. The van der Waals surface area contributed by atoms with Gasteiger partial charge in [-0.3, -0.25) is 0 Å². The van der Waals surface area contributed by atoms with E-state index in [0.717, 1.165) is 24.9 Å². The molecule has 0 aromatic heterocycles. The van der Waals surface area contributed by atoms with Crippen LogP contribution >= 0.6 is 0 Å². The number of nitrogens with zero attached hydrogens (tertiary/aromatic N) is 1. The topological polar surface area (TPSA) is 29.5 Å². The van der Waals surface area contributed by atoms with Crippen LogP contribution in [0.2, 0.25) is 0 Å². The third-order valence-corrected chi connectivity index (χ3v) is 2.63. The van der Waals surface area contributed by atoms with E-state index >= 15 is 0 Å². The molecule has 1 rings (SSSR count). The number of hydrogen-bond donors (Lipinski definition) is 0. The molecule has 0 saturated carbocycles. The zero-order valence-electron chi connectivity index (χ0n) is 10.7. The predicted molar refractivity (Wildman–Crippen MR) is 68.8 cm³/mol. The fourth-order valence-corrected chi connectivity index (χ4v) is 1.54. The quantitative estimate of drug-likeness (QED) is 0.756. The van der Waals surface area contributed by atoms with Crippen molar-refractivity contribution >= 4 is 6.09 Å². The zero-order valence-corrected chi connectivity index (χ0v) is 10.7. The third kappa shape index (κ3) is 4.89. The van der Waals surface area contributed by atoms with Crippen molar-refractivity contribution in [1.29, 1.82) is 0 Å². The first kappa shape index (κ1) is 13.6. The SMILES string of the molecule is CCCCN(CC)C(=O)OCc1ccccc1. The molecule has 0 heterocycles. The first-order valence-corrected chi connectivity index (χ1v) is 6.23. The number of ether oxygens (including phenoxy) is 1. The Labute approximate surface area is 103 Å². The lowest BCUT2D eigenvalue weighted by molar-refractivity contribution is 0.0975. The minimum Gasteiger partial charge on any atom is -0.445 e. The number of hydrogen-bond acceptors (Lipinski definition) is 2. The lowest BCUT2D eigenvalue weighted by Gasteiger charge is -2.19. The van der Waals surface area contributed by atoms with Crippen LogP contribution in [0.25, 0.3) is 0 Å². The second-order valence-corrected chi connectivity index (χ2v) is 3.97. The van der Waals surface area contributed by atoms with Crippen LogP contribution in [-0.2, 0) is 11.3 Å². The Hall–Kier alpha value is -1.51. The van der Waals surface area contributed by atoms with Crippen molar-refractivity contribution in [3.05, 3.63) is 35.9 Å². The van der Waals surface area contributed by atoms with Crippen molar-refractivity contribution < 1.29 is 9.53 Å². The maximum absolute atomic E-state index is 11.8. The van der Waals surface area contributed by atoms with Gasteiger partial charge < -0.3 is 9.64 Å². The van der Waals surface area contributed by atoms with Crippen LogP contribution in [0.4, 0.5) is 4.79 Å². The summed E-state index contributed by atoms with van der Waals surface area (Å²) in [6, 6.07) is 9.74. The zero-order chi connectivity index (χ0) is 12.5. The fraction of sp³-hybridized carbons (Fsp3) is 0.500. The van der Waals surface area contributed by atoms with Crippen LogP contribution in [0.5, 0.6) is 0 Å². The van der Waals surface area contributed by atoms with Crippen molar-refractivity contribution in [2.24, 2.45) is 0 Å². The number of rotatable bonds is 6. The Morgan fingerprint density at radius 3 is 2.53 bits per heavy atom. The van der Waals surface area contributed by atoms with E-state index in [2.05, 4.69) is 6.92 Å². The van der Waals surface area contributed by atoms with Gasteiger partial charge >= 0.3 is 6.09 Å². The van der Waals surface area contributed by atoms with E-state index in [1.165, 1.54) is 0 Å². The summed E-state index contributed by atoms with van der Waals surface area (Å²) >= 11 is 0. The van der Waals surface area contributed by atoms with Crippen molar-refractivity contribution in [2.75, 3.05) is 13.1 Å². The summed E-state index contributed by atoms with van der Waals surface area (Å²) in [7, 11) is 0. The highest BCUT2D eigenvalue weighted by atomic mass is 16.6. The second kappa shape index (κ2) is 7.71. The standard InChI is InChI=1S/C14H21NO2/c1-3-5-11-15(4-2)14(16)17-12-13-9-7-6-8-10-13/h6-10H,3-5,11-12H2,1-2H3. The summed E-state index contributed by atoms with van der Waals surface area (Å²) in [6.07, 6.45) is 1.89. The van der Waals surface area contributed by atoms with Gasteiger partial charge in [0.15, 0.2) is 0 Å².